The minimum Gasteiger partial charge on any atom is -0.130 e. The van der Waals surface area contributed by atoms with E-state index in [0.717, 1.165) is 0 Å². The van der Waals surface area contributed by atoms with Gasteiger partial charge in [0.15, 0.2) is 0 Å². The fourth-order valence-corrected chi connectivity index (χ4v) is 1.44. The molecule has 1 rings (SSSR count). The van der Waals surface area contributed by atoms with Gasteiger partial charge < -0.3 is 0 Å². The molecule has 0 saturated heterocycles. The molecule has 0 spiro atoms. The molecule has 0 unspecified atom stereocenters. The van der Waals surface area contributed by atoms with E-state index in [4.69, 9.17) is 0 Å². The second-order valence-electron chi connectivity index (χ2n) is 2.99. The van der Waals surface area contributed by atoms with Crippen LogP contribution in [0.1, 0.15) is 19.4 Å². The van der Waals surface area contributed by atoms with Gasteiger partial charge in [0.05, 0.1) is 0 Å². The normalized spacial score (nSPS) is 9.58. The van der Waals surface area contributed by atoms with Crippen LogP contribution >= 0.6 is 11.8 Å². The van der Waals surface area contributed by atoms with Crippen molar-refractivity contribution in [1.82, 2.24) is 0 Å². The molecule has 0 aliphatic heterocycles. The minimum absolute atomic E-state index is 1.28. The van der Waals surface area contributed by atoms with E-state index in [9.17, 15) is 0 Å². The fraction of sp³-hybridized carbons (Fsp3) is 0.273. The van der Waals surface area contributed by atoms with Crippen molar-refractivity contribution < 1.29 is 0 Å². The molecular weight excluding hydrogens is 164 g/mol. The summed E-state index contributed by atoms with van der Waals surface area (Å²) in [5.74, 6) is 0. The fourth-order valence-electron chi connectivity index (χ4n) is 1.03. The summed E-state index contributed by atoms with van der Waals surface area (Å²) >= 11 is 1.78. The number of benzene rings is 1. The third-order valence-electron chi connectivity index (χ3n) is 1.57. The number of hydrogen-bond acceptors (Lipinski definition) is 1. The summed E-state index contributed by atoms with van der Waals surface area (Å²) in [7, 11) is 0. The molecule has 0 bridgehead atoms. The van der Waals surface area contributed by atoms with Gasteiger partial charge in [0.25, 0.3) is 0 Å². The van der Waals surface area contributed by atoms with E-state index in [1.807, 2.05) is 0 Å². The highest BCUT2D eigenvalue weighted by atomic mass is 32.2. The van der Waals surface area contributed by atoms with Crippen LogP contribution in [0.3, 0.4) is 0 Å². The molecule has 0 aliphatic rings. The van der Waals surface area contributed by atoms with Crippen LogP contribution in [0.5, 0.6) is 0 Å². The van der Waals surface area contributed by atoms with Crippen LogP contribution in [0.25, 0.3) is 6.08 Å². The van der Waals surface area contributed by atoms with Crippen molar-refractivity contribution in [3.05, 3.63) is 35.4 Å². The Morgan fingerprint density at radius 3 is 2.17 bits per heavy atom. The number of hydrogen-bond donors (Lipinski definition) is 0. The smallest absolute Gasteiger partial charge is 0.00695 e. The average Bonchev–Trinajstić information content (AvgIpc) is 2.05. The van der Waals surface area contributed by atoms with Crippen molar-refractivity contribution in [3.63, 3.8) is 0 Å². The summed E-state index contributed by atoms with van der Waals surface area (Å²) in [6.45, 7) is 4.23. The van der Waals surface area contributed by atoms with E-state index in [2.05, 4.69) is 50.4 Å². The molecule has 0 N–H and O–H groups in total. The first kappa shape index (κ1) is 9.40. The summed E-state index contributed by atoms with van der Waals surface area (Å²) < 4.78 is 0. The monoisotopic (exact) mass is 178 g/mol. The lowest BCUT2D eigenvalue weighted by atomic mass is 10.1. The maximum absolute atomic E-state index is 2.18. The topological polar surface area (TPSA) is 0 Å². The molecule has 1 aromatic carbocycles. The van der Waals surface area contributed by atoms with Crippen LogP contribution in [-0.4, -0.2) is 6.26 Å². The molecule has 64 valence electrons. The van der Waals surface area contributed by atoms with E-state index in [1.165, 1.54) is 16.0 Å². The quantitative estimate of drug-likeness (QED) is 0.620. The molecule has 0 aliphatic carbocycles. The van der Waals surface area contributed by atoms with E-state index >= 15 is 0 Å². The molecule has 0 amide bonds. The Bertz CT molecular complexity index is 266. The molecule has 0 atom stereocenters. The molecule has 0 aromatic heterocycles. The maximum Gasteiger partial charge on any atom is 0.00695 e. The van der Waals surface area contributed by atoms with Crippen molar-refractivity contribution in [2.24, 2.45) is 0 Å². The number of allylic oxidation sites excluding steroid dienone is 1. The van der Waals surface area contributed by atoms with Gasteiger partial charge in [-0.3, -0.25) is 0 Å². The Morgan fingerprint density at radius 1 is 1.17 bits per heavy atom. The molecule has 0 heterocycles. The second kappa shape index (κ2) is 4.36. The summed E-state index contributed by atoms with van der Waals surface area (Å²) in [5.41, 5.74) is 2.62. The molecule has 1 heteroatoms. The van der Waals surface area contributed by atoms with Crippen LogP contribution < -0.4 is 0 Å². The first-order valence-electron chi connectivity index (χ1n) is 4.01. The van der Waals surface area contributed by atoms with Crippen molar-refractivity contribution in [2.45, 2.75) is 18.7 Å². The van der Waals surface area contributed by atoms with Gasteiger partial charge in [-0.15, -0.1) is 11.8 Å². The van der Waals surface area contributed by atoms with E-state index < -0.39 is 0 Å². The molecule has 12 heavy (non-hydrogen) atoms. The molecule has 1 aromatic rings. The second-order valence-corrected chi connectivity index (χ2v) is 3.87. The molecular formula is C11H14S. The van der Waals surface area contributed by atoms with Crippen LogP contribution in [0, 0.1) is 0 Å². The summed E-state index contributed by atoms with van der Waals surface area (Å²) in [6, 6.07) is 8.61. The van der Waals surface area contributed by atoms with Crippen LogP contribution in [0.15, 0.2) is 34.7 Å². The van der Waals surface area contributed by atoms with Crippen molar-refractivity contribution in [1.29, 1.82) is 0 Å². The standard InChI is InChI=1S/C11H14S/c1-9(2)8-10-4-6-11(12-3)7-5-10/h4-8H,1-3H3. The zero-order valence-corrected chi connectivity index (χ0v) is 8.61. The van der Waals surface area contributed by atoms with Crippen molar-refractivity contribution >= 4 is 17.8 Å². The highest BCUT2D eigenvalue weighted by molar-refractivity contribution is 7.98. The van der Waals surface area contributed by atoms with Crippen LogP contribution in [0.2, 0.25) is 0 Å². The van der Waals surface area contributed by atoms with Crippen molar-refractivity contribution in [3.8, 4) is 0 Å². The highest BCUT2D eigenvalue weighted by Crippen LogP contribution is 2.16. The zero-order chi connectivity index (χ0) is 8.97. The lowest BCUT2D eigenvalue weighted by molar-refractivity contribution is 1.40. The predicted octanol–water partition coefficient (Wildman–Crippen LogP) is 3.83. The third kappa shape index (κ3) is 2.74. The zero-order valence-electron chi connectivity index (χ0n) is 7.79. The van der Waals surface area contributed by atoms with Gasteiger partial charge in [0.1, 0.15) is 0 Å². The summed E-state index contributed by atoms with van der Waals surface area (Å²) in [5, 5.41) is 0. The van der Waals surface area contributed by atoms with E-state index in [-0.39, 0.29) is 0 Å². The lowest BCUT2D eigenvalue weighted by Crippen LogP contribution is -1.73. The number of thioether (sulfide) groups is 1. The Morgan fingerprint density at radius 2 is 1.75 bits per heavy atom. The Kier molecular flexibility index (Phi) is 3.42. The largest absolute Gasteiger partial charge is 0.130 e. The average molecular weight is 178 g/mol. The van der Waals surface area contributed by atoms with E-state index in [0.29, 0.717) is 0 Å². The Labute approximate surface area is 78.7 Å². The summed E-state index contributed by atoms with van der Waals surface area (Å²) in [6.07, 6.45) is 4.28. The first-order chi connectivity index (χ1) is 5.72. The van der Waals surface area contributed by atoms with E-state index in [1.54, 1.807) is 11.8 Å². The SMILES string of the molecule is CSc1ccc(C=C(C)C)cc1. The first-order valence-corrected chi connectivity index (χ1v) is 5.24. The van der Waals surface area contributed by atoms with Gasteiger partial charge in [-0.1, -0.05) is 23.8 Å². The van der Waals surface area contributed by atoms with Gasteiger partial charge in [0.2, 0.25) is 0 Å². The predicted molar refractivity (Wildman–Crippen MR) is 57.5 cm³/mol. The minimum atomic E-state index is 1.28. The molecule has 0 saturated carbocycles. The molecule has 0 radical (unpaired) electrons. The van der Waals surface area contributed by atoms with Gasteiger partial charge >= 0.3 is 0 Å². The highest BCUT2D eigenvalue weighted by Gasteiger charge is 1.89. The van der Waals surface area contributed by atoms with Gasteiger partial charge in [0, 0.05) is 4.90 Å². The van der Waals surface area contributed by atoms with Crippen LogP contribution in [0.4, 0.5) is 0 Å². The lowest BCUT2D eigenvalue weighted by Gasteiger charge is -1.97. The van der Waals surface area contributed by atoms with Gasteiger partial charge in [-0.25, -0.2) is 0 Å². The molecule has 0 fully saturated rings. The van der Waals surface area contributed by atoms with Crippen LogP contribution in [-0.2, 0) is 0 Å². The van der Waals surface area contributed by atoms with Crippen molar-refractivity contribution in [2.75, 3.05) is 6.26 Å². The van der Waals surface area contributed by atoms with Gasteiger partial charge in [-0.2, -0.15) is 0 Å². The Hall–Kier alpha value is -0.690. The summed E-state index contributed by atoms with van der Waals surface area (Å²) in [4.78, 5) is 1.32. The third-order valence-corrected chi connectivity index (χ3v) is 2.31. The van der Waals surface area contributed by atoms with Gasteiger partial charge in [-0.05, 0) is 37.8 Å². The maximum atomic E-state index is 2.18. The molecule has 0 nitrogen and oxygen atoms in total. The Balaban J connectivity index is 2.85. The number of rotatable bonds is 2.